The van der Waals surface area contributed by atoms with E-state index in [4.69, 9.17) is 4.74 Å². The van der Waals surface area contributed by atoms with Gasteiger partial charge >= 0.3 is 5.97 Å². The number of hydrogen-bond acceptors (Lipinski definition) is 3. The molecule has 3 rings (SSSR count). The summed E-state index contributed by atoms with van der Waals surface area (Å²) in [7, 11) is 0. The van der Waals surface area contributed by atoms with E-state index in [0.717, 1.165) is 42.8 Å². The number of esters is 1. The van der Waals surface area contributed by atoms with E-state index in [9.17, 15) is 9.59 Å². The Kier molecular flexibility index (Phi) is 6.32. The third-order valence-electron chi connectivity index (χ3n) is 5.19. The van der Waals surface area contributed by atoms with Crippen molar-refractivity contribution in [1.82, 2.24) is 9.88 Å². The molecule has 1 fully saturated rings. The van der Waals surface area contributed by atoms with Crippen LogP contribution in [0.3, 0.4) is 0 Å². The number of amides is 1. The number of carbonyl (C=O) groups excluding carboxylic acids is 2. The molecule has 1 heterocycles. The van der Waals surface area contributed by atoms with Crippen LogP contribution in [0, 0.1) is 13.8 Å². The molecule has 144 valence electrons. The molecule has 0 radical (unpaired) electrons. The van der Waals surface area contributed by atoms with Crippen LogP contribution in [-0.2, 0) is 9.53 Å². The molecule has 0 saturated heterocycles. The first-order valence-corrected chi connectivity index (χ1v) is 9.76. The van der Waals surface area contributed by atoms with Gasteiger partial charge in [0.2, 0.25) is 0 Å². The van der Waals surface area contributed by atoms with Crippen LogP contribution in [0.5, 0.6) is 0 Å². The van der Waals surface area contributed by atoms with Gasteiger partial charge in [0.05, 0.1) is 5.56 Å². The molecule has 2 aromatic rings. The number of ether oxygens (including phenoxy) is 1. The highest BCUT2D eigenvalue weighted by Gasteiger charge is 2.16. The second kappa shape index (κ2) is 8.89. The zero-order chi connectivity index (χ0) is 19.2. The van der Waals surface area contributed by atoms with Gasteiger partial charge < -0.3 is 14.6 Å². The molecule has 1 saturated carbocycles. The van der Waals surface area contributed by atoms with Crippen molar-refractivity contribution in [3.05, 3.63) is 53.3 Å². The average molecular weight is 368 g/mol. The zero-order valence-electron chi connectivity index (χ0n) is 16.2. The van der Waals surface area contributed by atoms with Crippen LogP contribution in [0.15, 0.2) is 36.4 Å². The lowest BCUT2D eigenvalue weighted by Gasteiger charge is -2.16. The number of nitrogens with one attached hydrogen (secondary N) is 1. The van der Waals surface area contributed by atoms with Crippen molar-refractivity contribution in [1.29, 1.82) is 0 Å². The summed E-state index contributed by atoms with van der Waals surface area (Å²) in [6.45, 7) is 3.86. The normalized spacial score (nSPS) is 15.2. The Morgan fingerprint density at radius 1 is 0.963 bits per heavy atom. The first-order chi connectivity index (χ1) is 13.0. The Bertz CT molecular complexity index is 765. The van der Waals surface area contributed by atoms with E-state index >= 15 is 0 Å². The molecule has 0 aliphatic heterocycles. The largest absolute Gasteiger partial charge is 0.452 e. The van der Waals surface area contributed by atoms with Gasteiger partial charge in [0, 0.05) is 23.1 Å². The second-order valence-electron chi connectivity index (χ2n) is 7.33. The van der Waals surface area contributed by atoms with Crippen LogP contribution >= 0.6 is 0 Å². The van der Waals surface area contributed by atoms with Crippen LogP contribution in [-0.4, -0.2) is 29.1 Å². The lowest BCUT2D eigenvalue weighted by molar-refractivity contribution is -0.125. The van der Waals surface area contributed by atoms with Gasteiger partial charge in [-0.2, -0.15) is 0 Å². The molecule has 1 aliphatic carbocycles. The number of rotatable bonds is 5. The molecule has 27 heavy (non-hydrogen) atoms. The predicted molar refractivity (Wildman–Crippen MR) is 105 cm³/mol. The van der Waals surface area contributed by atoms with E-state index in [1.807, 2.05) is 26.0 Å². The first kappa shape index (κ1) is 19.2. The summed E-state index contributed by atoms with van der Waals surface area (Å²) in [4.78, 5) is 24.3. The SMILES string of the molecule is Cc1ccc(C)n1-c1ccc(C(=O)OCC(=O)NC2CCCCCC2)cc1. The Balaban J connectivity index is 1.53. The van der Waals surface area contributed by atoms with Crippen molar-refractivity contribution in [2.24, 2.45) is 0 Å². The van der Waals surface area contributed by atoms with Crippen LogP contribution in [0.4, 0.5) is 0 Å². The molecule has 5 heteroatoms. The number of nitrogens with zero attached hydrogens (tertiary/aromatic N) is 1. The predicted octanol–water partition coefficient (Wildman–Crippen LogP) is 4.09. The highest BCUT2D eigenvalue weighted by Crippen LogP contribution is 2.18. The summed E-state index contributed by atoms with van der Waals surface area (Å²) in [6, 6.07) is 11.6. The van der Waals surface area contributed by atoms with Crippen molar-refractivity contribution in [2.45, 2.75) is 58.4 Å². The van der Waals surface area contributed by atoms with Crippen molar-refractivity contribution < 1.29 is 14.3 Å². The van der Waals surface area contributed by atoms with Gasteiger partial charge in [-0.1, -0.05) is 25.7 Å². The quantitative estimate of drug-likeness (QED) is 0.639. The van der Waals surface area contributed by atoms with Crippen molar-refractivity contribution in [3.63, 3.8) is 0 Å². The smallest absolute Gasteiger partial charge is 0.338 e. The van der Waals surface area contributed by atoms with Gasteiger partial charge in [0.15, 0.2) is 6.61 Å². The summed E-state index contributed by atoms with van der Waals surface area (Å²) in [6.07, 6.45) is 6.80. The van der Waals surface area contributed by atoms with Crippen molar-refractivity contribution in [2.75, 3.05) is 6.61 Å². The number of benzene rings is 1. The Morgan fingerprint density at radius 3 is 2.15 bits per heavy atom. The van der Waals surface area contributed by atoms with Crippen molar-refractivity contribution >= 4 is 11.9 Å². The molecular weight excluding hydrogens is 340 g/mol. The van der Waals surface area contributed by atoms with Gasteiger partial charge in [-0.25, -0.2) is 4.79 Å². The zero-order valence-corrected chi connectivity index (χ0v) is 16.2. The van der Waals surface area contributed by atoms with Crippen LogP contribution in [0.25, 0.3) is 5.69 Å². The number of hydrogen-bond donors (Lipinski definition) is 1. The fourth-order valence-corrected chi connectivity index (χ4v) is 3.73. The Morgan fingerprint density at radius 2 is 1.56 bits per heavy atom. The summed E-state index contributed by atoms with van der Waals surface area (Å²) < 4.78 is 7.30. The molecule has 0 atom stereocenters. The molecule has 1 N–H and O–H groups in total. The van der Waals surface area contributed by atoms with Gasteiger partial charge in [0.1, 0.15) is 0 Å². The van der Waals surface area contributed by atoms with Gasteiger partial charge in [-0.3, -0.25) is 4.79 Å². The molecule has 0 unspecified atom stereocenters. The molecule has 1 aromatic heterocycles. The van der Waals surface area contributed by atoms with E-state index in [2.05, 4.69) is 22.0 Å². The second-order valence-corrected chi connectivity index (χ2v) is 7.33. The van der Waals surface area contributed by atoms with Crippen LogP contribution < -0.4 is 5.32 Å². The molecule has 0 spiro atoms. The van der Waals surface area contributed by atoms with Crippen LogP contribution in [0.1, 0.15) is 60.3 Å². The topological polar surface area (TPSA) is 60.3 Å². The molecule has 1 amide bonds. The first-order valence-electron chi connectivity index (χ1n) is 9.76. The van der Waals surface area contributed by atoms with Crippen LogP contribution in [0.2, 0.25) is 0 Å². The maximum absolute atomic E-state index is 12.2. The fraction of sp³-hybridized carbons (Fsp3) is 0.455. The summed E-state index contributed by atoms with van der Waals surface area (Å²) >= 11 is 0. The summed E-state index contributed by atoms with van der Waals surface area (Å²) in [5, 5.41) is 2.99. The highest BCUT2D eigenvalue weighted by molar-refractivity contribution is 5.91. The molecule has 5 nitrogen and oxygen atoms in total. The van der Waals surface area contributed by atoms with E-state index < -0.39 is 5.97 Å². The van der Waals surface area contributed by atoms with Gasteiger partial charge in [-0.05, 0) is 63.1 Å². The maximum Gasteiger partial charge on any atom is 0.338 e. The lowest BCUT2D eigenvalue weighted by atomic mass is 10.1. The molecule has 1 aliphatic rings. The highest BCUT2D eigenvalue weighted by atomic mass is 16.5. The third-order valence-corrected chi connectivity index (χ3v) is 5.19. The minimum absolute atomic E-state index is 0.214. The van der Waals surface area contributed by atoms with Crippen molar-refractivity contribution in [3.8, 4) is 5.69 Å². The standard InChI is InChI=1S/C22H28N2O3/c1-16-9-10-17(2)24(16)20-13-11-18(12-14-20)22(26)27-15-21(25)23-19-7-5-3-4-6-8-19/h9-14,19H,3-8,15H2,1-2H3,(H,23,25). The number of aromatic nitrogens is 1. The number of aryl methyl sites for hydroxylation is 2. The van der Waals surface area contributed by atoms with Gasteiger partial charge in [0.25, 0.3) is 5.91 Å². The lowest BCUT2D eigenvalue weighted by Crippen LogP contribution is -2.37. The fourth-order valence-electron chi connectivity index (χ4n) is 3.73. The Hall–Kier alpha value is -2.56. The van der Waals surface area contributed by atoms with E-state index in [0.29, 0.717) is 5.56 Å². The number of carbonyl (C=O) groups is 2. The average Bonchev–Trinajstić information content (AvgIpc) is 2.85. The Labute approximate surface area is 160 Å². The summed E-state index contributed by atoms with van der Waals surface area (Å²) in [5.41, 5.74) is 3.72. The van der Waals surface area contributed by atoms with Gasteiger partial charge in [-0.15, -0.1) is 0 Å². The van der Waals surface area contributed by atoms with E-state index in [1.54, 1.807) is 12.1 Å². The molecule has 1 aromatic carbocycles. The summed E-state index contributed by atoms with van der Waals surface area (Å²) in [5.74, 6) is -0.691. The van der Waals surface area contributed by atoms with E-state index in [-0.39, 0.29) is 18.6 Å². The maximum atomic E-state index is 12.2. The third kappa shape index (κ3) is 5.00. The molecule has 0 bridgehead atoms. The minimum atomic E-state index is -0.474. The molecular formula is C22H28N2O3. The minimum Gasteiger partial charge on any atom is -0.452 e. The monoisotopic (exact) mass is 368 g/mol. The van der Waals surface area contributed by atoms with E-state index in [1.165, 1.54) is 12.8 Å².